The molecular formula is C20H20N4O4S. The minimum Gasteiger partial charge on any atom is -0.493 e. The van der Waals surface area contributed by atoms with Crippen LogP contribution < -0.4 is 20.3 Å². The summed E-state index contributed by atoms with van der Waals surface area (Å²) in [5, 5.41) is 0.660. The van der Waals surface area contributed by atoms with Crippen LogP contribution in [0, 0.1) is 0 Å². The van der Waals surface area contributed by atoms with Crippen molar-refractivity contribution in [1.82, 2.24) is 20.4 Å². The summed E-state index contributed by atoms with van der Waals surface area (Å²) >= 11 is 1.42. The van der Waals surface area contributed by atoms with Crippen molar-refractivity contribution in [2.24, 2.45) is 0 Å². The number of hydrogen-bond acceptors (Lipinski definition) is 6. The number of para-hydroxylation sites is 1. The number of rotatable bonds is 6. The largest absolute Gasteiger partial charge is 0.493 e. The molecule has 1 aromatic heterocycles. The van der Waals surface area contributed by atoms with Crippen molar-refractivity contribution in [3.8, 4) is 17.2 Å². The molecular weight excluding hydrogens is 392 g/mol. The maximum atomic E-state index is 12.7. The lowest BCUT2D eigenvalue weighted by atomic mass is 10.2. The van der Waals surface area contributed by atoms with Crippen LogP contribution in [0.3, 0.4) is 0 Å². The summed E-state index contributed by atoms with van der Waals surface area (Å²) in [6.07, 6.45) is 3.35. The van der Waals surface area contributed by atoms with E-state index < -0.39 is 11.8 Å². The molecule has 9 heteroatoms. The highest BCUT2D eigenvalue weighted by Crippen LogP contribution is 2.27. The minimum absolute atomic E-state index is 0.299. The Morgan fingerprint density at radius 3 is 2.31 bits per heavy atom. The first-order valence-electron chi connectivity index (χ1n) is 8.59. The van der Waals surface area contributed by atoms with Crippen LogP contribution in [-0.4, -0.2) is 41.8 Å². The zero-order valence-corrected chi connectivity index (χ0v) is 16.9. The lowest BCUT2D eigenvalue weighted by Gasteiger charge is -2.12. The first kappa shape index (κ1) is 20.3. The molecule has 0 spiro atoms. The molecule has 150 valence electrons. The second-order valence-corrected chi connectivity index (χ2v) is 6.55. The van der Waals surface area contributed by atoms with Crippen LogP contribution in [0.15, 0.2) is 59.9 Å². The number of nitrogens with one attached hydrogen (secondary N) is 2. The Hall–Kier alpha value is -3.46. The fraction of sp³-hybridized carbons (Fsp3) is 0.150. The molecule has 2 N–H and O–H groups in total. The fourth-order valence-corrected chi connectivity index (χ4v) is 3.24. The topological polar surface area (TPSA) is 94.5 Å². The molecule has 0 fully saturated rings. The Bertz CT molecular complexity index is 1020. The number of thioether (sulfide) groups is 1. The average molecular weight is 412 g/mol. The van der Waals surface area contributed by atoms with Gasteiger partial charge in [0.05, 0.1) is 20.4 Å². The number of carbonyl (C=O) groups is 2. The Labute approximate surface area is 172 Å². The number of carbonyl (C=O) groups excluding carboxylic acids is 2. The summed E-state index contributed by atoms with van der Waals surface area (Å²) in [6.45, 7) is 0. The molecule has 0 aliphatic rings. The lowest BCUT2D eigenvalue weighted by Crippen LogP contribution is -2.42. The van der Waals surface area contributed by atoms with E-state index in [-0.39, 0.29) is 0 Å². The molecule has 3 rings (SSSR count). The molecule has 2 amide bonds. The number of hydrazine groups is 1. The molecule has 8 nitrogen and oxygen atoms in total. The number of hydrogen-bond donors (Lipinski definition) is 2. The number of ether oxygens (including phenoxy) is 2. The summed E-state index contributed by atoms with van der Waals surface area (Å²) in [4.78, 5) is 29.4. The van der Waals surface area contributed by atoms with Crippen molar-refractivity contribution in [2.75, 3.05) is 20.5 Å². The van der Waals surface area contributed by atoms with E-state index in [0.717, 1.165) is 5.69 Å². The van der Waals surface area contributed by atoms with Gasteiger partial charge in [-0.25, -0.2) is 4.98 Å². The first-order valence-corrected chi connectivity index (χ1v) is 9.81. The van der Waals surface area contributed by atoms with E-state index in [1.807, 2.05) is 36.6 Å². The number of imidazole rings is 1. The normalized spacial score (nSPS) is 10.3. The zero-order valence-electron chi connectivity index (χ0n) is 16.1. The SMILES string of the molecule is COc1ccc(C(=O)NNC(=O)c2cnc(SC)n2-c2ccccc2)cc1OC. The Kier molecular flexibility index (Phi) is 6.40. The summed E-state index contributed by atoms with van der Waals surface area (Å²) < 4.78 is 12.1. The van der Waals surface area contributed by atoms with Crippen LogP contribution in [0.5, 0.6) is 11.5 Å². The van der Waals surface area contributed by atoms with Gasteiger partial charge in [-0.3, -0.25) is 25.0 Å². The van der Waals surface area contributed by atoms with E-state index >= 15 is 0 Å². The van der Waals surface area contributed by atoms with Crippen molar-refractivity contribution in [1.29, 1.82) is 0 Å². The van der Waals surface area contributed by atoms with Gasteiger partial charge in [-0.2, -0.15) is 0 Å². The predicted octanol–water partition coefficient (Wildman–Crippen LogP) is 2.69. The maximum absolute atomic E-state index is 12.7. The molecule has 0 radical (unpaired) electrons. The van der Waals surface area contributed by atoms with Crippen molar-refractivity contribution < 1.29 is 19.1 Å². The third-order valence-electron chi connectivity index (χ3n) is 4.09. The molecule has 1 heterocycles. The van der Waals surface area contributed by atoms with Crippen LogP contribution in [0.2, 0.25) is 0 Å². The number of amides is 2. The van der Waals surface area contributed by atoms with Gasteiger partial charge in [0.2, 0.25) is 0 Å². The molecule has 3 aromatic rings. The quantitative estimate of drug-likeness (QED) is 0.478. The maximum Gasteiger partial charge on any atom is 0.288 e. The van der Waals surface area contributed by atoms with Gasteiger partial charge in [0.15, 0.2) is 16.7 Å². The van der Waals surface area contributed by atoms with E-state index in [1.54, 1.807) is 16.7 Å². The highest BCUT2D eigenvalue weighted by molar-refractivity contribution is 7.98. The second kappa shape index (κ2) is 9.16. The molecule has 0 atom stereocenters. The molecule has 0 aliphatic carbocycles. The van der Waals surface area contributed by atoms with Crippen molar-refractivity contribution in [2.45, 2.75) is 5.16 Å². The lowest BCUT2D eigenvalue weighted by molar-refractivity contribution is 0.0842. The van der Waals surface area contributed by atoms with Crippen LogP contribution in [0.25, 0.3) is 5.69 Å². The van der Waals surface area contributed by atoms with Gasteiger partial charge in [0.1, 0.15) is 5.69 Å². The number of benzene rings is 2. The third-order valence-corrected chi connectivity index (χ3v) is 4.75. The highest BCUT2D eigenvalue weighted by atomic mass is 32.2. The van der Waals surface area contributed by atoms with E-state index in [9.17, 15) is 9.59 Å². The van der Waals surface area contributed by atoms with Crippen LogP contribution in [-0.2, 0) is 0 Å². The van der Waals surface area contributed by atoms with Gasteiger partial charge in [0, 0.05) is 11.3 Å². The summed E-state index contributed by atoms with van der Waals surface area (Å²) in [7, 11) is 2.99. The molecule has 0 aliphatic heterocycles. The van der Waals surface area contributed by atoms with Crippen molar-refractivity contribution in [3.63, 3.8) is 0 Å². The van der Waals surface area contributed by atoms with Crippen molar-refractivity contribution >= 4 is 23.6 Å². The second-order valence-electron chi connectivity index (χ2n) is 5.78. The highest BCUT2D eigenvalue weighted by Gasteiger charge is 2.19. The number of methoxy groups -OCH3 is 2. The number of aromatic nitrogens is 2. The minimum atomic E-state index is -0.491. The summed E-state index contributed by atoms with van der Waals surface area (Å²) in [5.41, 5.74) is 6.25. The smallest absolute Gasteiger partial charge is 0.288 e. The molecule has 0 bridgehead atoms. The monoisotopic (exact) mass is 412 g/mol. The Balaban J connectivity index is 1.77. The fourth-order valence-electron chi connectivity index (χ4n) is 2.69. The first-order chi connectivity index (χ1) is 14.1. The van der Waals surface area contributed by atoms with Crippen LogP contribution in [0.1, 0.15) is 20.8 Å². The molecule has 0 saturated carbocycles. The molecule has 2 aromatic carbocycles. The molecule has 29 heavy (non-hydrogen) atoms. The standard InChI is InChI=1S/C20H20N4O4S/c1-27-16-10-9-13(11-17(16)28-2)18(25)22-23-19(26)15-12-21-20(29-3)24(15)14-7-5-4-6-8-14/h4-12H,1-3H3,(H,22,25)(H,23,26). The Morgan fingerprint density at radius 1 is 0.966 bits per heavy atom. The number of nitrogens with zero attached hydrogens (tertiary/aromatic N) is 2. The average Bonchev–Trinajstić information content (AvgIpc) is 3.21. The summed E-state index contributed by atoms with van der Waals surface area (Å²) in [6, 6.07) is 14.1. The van der Waals surface area contributed by atoms with E-state index in [0.29, 0.717) is 27.9 Å². The van der Waals surface area contributed by atoms with Gasteiger partial charge in [-0.1, -0.05) is 30.0 Å². The van der Waals surface area contributed by atoms with Gasteiger partial charge in [0.25, 0.3) is 11.8 Å². The summed E-state index contributed by atoms with van der Waals surface area (Å²) in [5.74, 6) is -0.0617. The van der Waals surface area contributed by atoms with E-state index in [2.05, 4.69) is 15.8 Å². The Morgan fingerprint density at radius 2 is 1.66 bits per heavy atom. The zero-order chi connectivity index (χ0) is 20.8. The van der Waals surface area contributed by atoms with Gasteiger partial charge >= 0.3 is 0 Å². The van der Waals surface area contributed by atoms with Gasteiger partial charge < -0.3 is 9.47 Å². The van der Waals surface area contributed by atoms with E-state index in [1.165, 1.54) is 38.2 Å². The van der Waals surface area contributed by atoms with Gasteiger partial charge in [-0.15, -0.1) is 0 Å². The van der Waals surface area contributed by atoms with Crippen LogP contribution >= 0.6 is 11.8 Å². The van der Waals surface area contributed by atoms with Crippen LogP contribution in [0.4, 0.5) is 0 Å². The van der Waals surface area contributed by atoms with Crippen molar-refractivity contribution in [3.05, 3.63) is 66.0 Å². The predicted molar refractivity (Wildman–Crippen MR) is 110 cm³/mol. The third kappa shape index (κ3) is 4.35. The van der Waals surface area contributed by atoms with E-state index in [4.69, 9.17) is 9.47 Å². The molecule has 0 saturated heterocycles. The molecule has 0 unspecified atom stereocenters. The van der Waals surface area contributed by atoms with Gasteiger partial charge in [-0.05, 0) is 36.6 Å².